The Morgan fingerprint density at radius 2 is 1.74 bits per heavy atom. The van der Waals surface area contributed by atoms with Gasteiger partial charge in [0.15, 0.2) is 0 Å². The molecule has 0 fully saturated rings. The van der Waals surface area contributed by atoms with Gasteiger partial charge in [-0.05, 0) is 62.1 Å². The van der Waals surface area contributed by atoms with Gasteiger partial charge in [0.1, 0.15) is 18.3 Å². The Kier molecular flexibility index (Phi) is 9.49. The minimum atomic E-state index is -3.76. The van der Waals surface area contributed by atoms with Gasteiger partial charge in [0.2, 0.25) is 21.8 Å². The smallest absolute Gasteiger partial charge is 0.244 e. The van der Waals surface area contributed by atoms with E-state index in [2.05, 4.69) is 5.32 Å². The molecule has 0 saturated carbocycles. The lowest BCUT2D eigenvalue weighted by Crippen LogP contribution is -2.51. The van der Waals surface area contributed by atoms with Crippen LogP contribution in [-0.4, -0.2) is 57.6 Å². The Morgan fingerprint density at radius 1 is 1.09 bits per heavy atom. The van der Waals surface area contributed by atoms with E-state index < -0.39 is 28.5 Å². The Balaban J connectivity index is 2.40. The van der Waals surface area contributed by atoms with Gasteiger partial charge in [-0.2, -0.15) is 0 Å². The van der Waals surface area contributed by atoms with Gasteiger partial charge in [-0.3, -0.25) is 13.9 Å². The maximum absolute atomic E-state index is 13.5. The van der Waals surface area contributed by atoms with E-state index in [1.807, 2.05) is 39.0 Å². The average Bonchev–Trinajstić information content (AvgIpc) is 2.80. The van der Waals surface area contributed by atoms with Gasteiger partial charge in [-0.15, -0.1) is 0 Å². The third kappa shape index (κ3) is 6.96. The van der Waals surface area contributed by atoms with E-state index in [1.54, 1.807) is 38.3 Å². The second kappa shape index (κ2) is 11.9. The minimum absolute atomic E-state index is 0.147. The summed E-state index contributed by atoms with van der Waals surface area (Å²) in [6.07, 6.45) is 1.84. The first-order chi connectivity index (χ1) is 16.0. The molecule has 0 saturated heterocycles. The van der Waals surface area contributed by atoms with Crippen molar-refractivity contribution >= 4 is 27.5 Å². The van der Waals surface area contributed by atoms with Crippen molar-refractivity contribution in [2.75, 3.05) is 30.8 Å². The Hall–Kier alpha value is -3.07. The van der Waals surface area contributed by atoms with Crippen LogP contribution in [0.25, 0.3) is 0 Å². The van der Waals surface area contributed by atoms with E-state index in [4.69, 9.17) is 4.74 Å². The van der Waals surface area contributed by atoms with Crippen LogP contribution in [-0.2, 0) is 26.2 Å². The van der Waals surface area contributed by atoms with E-state index in [0.29, 0.717) is 18.0 Å². The molecule has 0 bridgehead atoms. The number of methoxy groups -OCH3 is 1. The second-order valence-electron chi connectivity index (χ2n) is 8.33. The van der Waals surface area contributed by atoms with Gasteiger partial charge >= 0.3 is 0 Å². The zero-order valence-electron chi connectivity index (χ0n) is 20.8. The molecule has 0 aliphatic rings. The number of carbonyl (C=O) groups excluding carboxylic acids is 2. The van der Waals surface area contributed by atoms with Crippen LogP contribution in [0.5, 0.6) is 5.75 Å². The van der Waals surface area contributed by atoms with E-state index in [0.717, 1.165) is 33.7 Å². The van der Waals surface area contributed by atoms with Crippen molar-refractivity contribution in [1.82, 2.24) is 10.2 Å². The van der Waals surface area contributed by atoms with Crippen LogP contribution in [0.2, 0.25) is 0 Å². The molecule has 0 radical (unpaired) electrons. The zero-order valence-corrected chi connectivity index (χ0v) is 21.6. The van der Waals surface area contributed by atoms with Gasteiger partial charge in [0.05, 0.1) is 19.1 Å². The number of aryl methyl sites for hydroxylation is 1. The molecular weight excluding hydrogens is 454 g/mol. The quantitative estimate of drug-likeness (QED) is 0.523. The highest BCUT2D eigenvalue weighted by Gasteiger charge is 2.30. The summed E-state index contributed by atoms with van der Waals surface area (Å²) < 4.78 is 31.7. The van der Waals surface area contributed by atoms with Crippen LogP contribution in [0.15, 0.2) is 42.5 Å². The standard InChI is InChI=1S/C25H35N3O5S/c1-7-15-26-25(30)20(4)27(16-21-11-13-22(33-5)14-12-21)24(29)17-28(34(6,31)32)23-10-8-9-18(2)19(23)3/h8-14,20H,7,15-17H2,1-6H3,(H,26,30). The topological polar surface area (TPSA) is 96.0 Å². The molecule has 2 aromatic rings. The van der Waals surface area contributed by atoms with Crippen LogP contribution in [0.3, 0.4) is 0 Å². The van der Waals surface area contributed by atoms with E-state index in [9.17, 15) is 18.0 Å². The van der Waals surface area contributed by atoms with Crippen molar-refractivity contribution in [2.24, 2.45) is 0 Å². The van der Waals surface area contributed by atoms with Crippen molar-refractivity contribution in [1.29, 1.82) is 0 Å². The molecule has 186 valence electrons. The summed E-state index contributed by atoms with van der Waals surface area (Å²) in [7, 11) is -2.19. The van der Waals surface area contributed by atoms with Crippen LogP contribution in [0.4, 0.5) is 5.69 Å². The summed E-state index contributed by atoms with van der Waals surface area (Å²) in [5.74, 6) is -0.0869. The lowest BCUT2D eigenvalue weighted by atomic mass is 10.1. The second-order valence-corrected chi connectivity index (χ2v) is 10.2. The van der Waals surface area contributed by atoms with Gasteiger partial charge in [-0.25, -0.2) is 8.42 Å². The molecule has 0 heterocycles. The maximum Gasteiger partial charge on any atom is 0.244 e. The predicted octanol–water partition coefficient (Wildman–Crippen LogP) is 3.02. The lowest BCUT2D eigenvalue weighted by Gasteiger charge is -2.32. The monoisotopic (exact) mass is 489 g/mol. The number of rotatable bonds is 11. The van der Waals surface area contributed by atoms with Crippen molar-refractivity contribution in [3.63, 3.8) is 0 Å². The fourth-order valence-corrected chi connectivity index (χ4v) is 4.41. The summed E-state index contributed by atoms with van der Waals surface area (Å²) in [6, 6.07) is 11.7. The molecule has 9 heteroatoms. The van der Waals surface area contributed by atoms with E-state index >= 15 is 0 Å². The Bertz CT molecular complexity index is 1100. The summed E-state index contributed by atoms with van der Waals surface area (Å²) in [4.78, 5) is 27.7. The van der Waals surface area contributed by atoms with Crippen molar-refractivity contribution in [2.45, 2.75) is 46.7 Å². The summed E-state index contributed by atoms with van der Waals surface area (Å²) in [5, 5.41) is 2.82. The number of hydrogen-bond donors (Lipinski definition) is 1. The van der Waals surface area contributed by atoms with E-state index in [1.165, 1.54) is 4.90 Å². The van der Waals surface area contributed by atoms with Crippen molar-refractivity contribution < 1.29 is 22.7 Å². The summed E-state index contributed by atoms with van der Waals surface area (Å²) in [6.45, 7) is 7.53. The van der Waals surface area contributed by atoms with Gasteiger partial charge in [0.25, 0.3) is 0 Å². The number of benzene rings is 2. The lowest BCUT2D eigenvalue weighted by molar-refractivity contribution is -0.139. The molecule has 0 spiro atoms. The summed E-state index contributed by atoms with van der Waals surface area (Å²) >= 11 is 0. The molecule has 8 nitrogen and oxygen atoms in total. The molecule has 0 aliphatic carbocycles. The average molecular weight is 490 g/mol. The van der Waals surface area contributed by atoms with Crippen LogP contribution >= 0.6 is 0 Å². The van der Waals surface area contributed by atoms with Gasteiger partial charge in [0, 0.05) is 13.1 Å². The number of sulfonamides is 1. The van der Waals surface area contributed by atoms with Crippen molar-refractivity contribution in [3.8, 4) is 5.75 Å². The Labute approximate surface area is 202 Å². The zero-order chi connectivity index (χ0) is 25.5. The SMILES string of the molecule is CCCNC(=O)C(C)N(Cc1ccc(OC)cc1)C(=O)CN(c1cccc(C)c1C)S(C)(=O)=O. The van der Waals surface area contributed by atoms with Crippen LogP contribution in [0, 0.1) is 13.8 Å². The molecular formula is C25H35N3O5S. The molecule has 2 amide bonds. The number of nitrogens with zero attached hydrogens (tertiary/aromatic N) is 2. The number of amides is 2. The maximum atomic E-state index is 13.5. The predicted molar refractivity (Wildman–Crippen MR) is 134 cm³/mol. The van der Waals surface area contributed by atoms with Gasteiger partial charge < -0.3 is 15.0 Å². The first-order valence-corrected chi connectivity index (χ1v) is 13.1. The van der Waals surface area contributed by atoms with Crippen LogP contribution < -0.4 is 14.4 Å². The largest absolute Gasteiger partial charge is 0.497 e. The number of hydrogen-bond acceptors (Lipinski definition) is 5. The molecule has 34 heavy (non-hydrogen) atoms. The van der Waals surface area contributed by atoms with E-state index in [-0.39, 0.29) is 12.5 Å². The third-order valence-corrected chi connectivity index (χ3v) is 6.88. The number of nitrogens with one attached hydrogen (secondary N) is 1. The fourth-order valence-electron chi connectivity index (χ4n) is 3.51. The third-order valence-electron chi connectivity index (χ3n) is 5.75. The molecule has 2 rings (SSSR count). The molecule has 1 atom stereocenters. The number of ether oxygens (including phenoxy) is 1. The Morgan fingerprint density at radius 3 is 2.29 bits per heavy atom. The number of carbonyl (C=O) groups is 2. The molecule has 1 unspecified atom stereocenters. The van der Waals surface area contributed by atoms with Gasteiger partial charge in [-0.1, -0.05) is 31.2 Å². The molecule has 0 aliphatic heterocycles. The first-order valence-electron chi connectivity index (χ1n) is 11.2. The summed E-state index contributed by atoms with van der Waals surface area (Å²) in [5.41, 5.74) is 2.93. The van der Waals surface area contributed by atoms with Crippen LogP contribution in [0.1, 0.15) is 37.0 Å². The first kappa shape index (κ1) is 27.2. The molecule has 0 aromatic heterocycles. The molecule has 1 N–H and O–H groups in total. The fraction of sp³-hybridized carbons (Fsp3) is 0.440. The van der Waals surface area contributed by atoms with Crippen molar-refractivity contribution in [3.05, 3.63) is 59.2 Å². The normalized spacial score (nSPS) is 12.1. The highest BCUT2D eigenvalue weighted by Crippen LogP contribution is 2.25. The highest BCUT2D eigenvalue weighted by molar-refractivity contribution is 7.92. The minimum Gasteiger partial charge on any atom is -0.497 e. The highest BCUT2D eigenvalue weighted by atomic mass is 32.2. The number of anilines is 1. The molecule has 2 aromatic carbocycles.